The highest BCUT2D eigenvalue weighted by Crippen LogP contribution is 2.34. The molecule has 0 bridgehead atoms. The molecule has 4 rings (SSSR count). The van der Waals surface area contributed by atoms with Gasteiger partial charge in [-0.05, 0) is 44.0 Å². The third-order valence-electron chi connectivity index (χ3n) is 5.99. The topological polar surface area (TPSA) is 93.9 Å². The lowest BCUT2D eigenvalue weighted by atomic mass is 9.95. The number of hydrogen-bond donors (Lipinski definition) is 1. The summed E-state index contributed by atoms with van der Waals surface area (Å²) in [5.74, 6) is 0.313. The summed E-state index contributed by atoms with van der Waals surface area (Å²) in [7, 11) is 0. The molecule has 0 aliphatic carbocycles. The summed E-state index contributed by atoms with van der Waals surface area (Å²) >= 11 is 0. The Kier molecular flexibility index (Phi) is 6.96. The lowest BCUT2D eigenvalue weighted by Gasteiger charge is -2.32. The van der Waals surface area contributed by atoms with Crippen LogP contribution < -0.4 is 10.1 Å². The van der Waals surface area contributed by atoms with E-state index in [-0.39, 0.29) is 30.1 Å². The molecule has 1 amide bonds. The number of likely N-dealkylation sites (tertiary alicyclic amines) is 1. The molecule has 2 aromatic rings. The minimum absolute atomic E-state index is 0.00537. The highest BCUT2D eigenvalue weighted by atomic mass is 19.1. The van der Waals surface area contributed by atoms with Gasteiger partial charge in [0.1, 0.15) is 11.6 Å². The number of carbonyl (C=O) groups is 1. The fraction of sp³-hybridized carbons (Fsp3) is 0.435. The van der Waals surface area contributed by atoms with Crippen LogP contribution in [0.1, 0.15) is 29.5 Å². The number of ether oxygens (including phenoxy) is 2. The highest BCUT2D eigenvalue weighted by molar-refractivity contribution is 5.78. The predicted octanol–water partition coefficient (Wildman–Crippen LogP) is 3.17. The van der Waals surface area contributed by atoms with Crippen LogP contribution >= 0.6 is 0 Å². The first-order valence-corrected chi connectivity index (χ1v) is 10.8. The van der Waals surface area contributed by atoms with Gasteiger partial charge in [-0.2, -0.15) is 0 Å². The third kappa shape index (κ3) is 5.23. The summed E-state index contributed by atoms with van der Waals surface area (Å²) in [6.07, 6.45) is 1.86. The van der Waals surface area contributed by atoms with Gasteiger partial charge in [0, 0.05) is 42.3 Å². The molecule has 0 spiro atoms. The average molecular weight is 443 g/mol. The summed E-state index contributed by atoms with van der Waals surface area (Å²) in [5.41, 5.74) is 2.07. The maximum Gasteiger partial charge on any atom is 0.270 e. The molecular weight excluding hydrogens is 417 g/mol. The molecule has 170 valence electrons. The summed E-state index contributed by atoms with van der Waals surface area (Å²) in [6, 6.07) is 9.63. The van der Waals surface area contributed by atoms with Gasteiger partial charge in [-0.3, -0.25) is 19.8 Å². The molecule has 1 N–H and O–H groups in total. The number of hydrogen-bond acceptors (Lipinski definition) is 6. The SMILES string of the molecule is O=C(NCCc1ccccc1F)C1CCN(Cc2cc([N+](=O)[O-])cc3c2OCOC3)CC1. The van der Waals surface area contributed by atoms with Gasteiger partial charge in [0.2, 0.25) is 5.91 Å². The minimum atomic E-state index is -0.406. The van der Waals surface area contributed by atoms with Crippen LogP contribution in [0.5, 0.6) is 5.75 Å². The van der Waals surface area contributed by atoms with Gasteiger partial charge in [-0.15, -0.1) is 0 Å². The number of piperidine rings is 1. The second-order valence-corrected chi connectivity index (χ2v) is 8.14. The Hall–Kier alpha value is -3.04. The van der Waals surface area contributed by atoms with Crippen LogP contribution in [0, 0.1) is 21.8 Å². The van der Waals surface area contributed by atoms with Crippen LogP contribution in [-0.2, 0) is 29.1 Å². The number of benzene rings is 2. The highest BCUT2D eigenvalue weighted by Gasteiger charge is 2.27. The Morgan fingerprint density at radius 2 is 2.00 bits per heavy atom. The molecular formula is C23H26FN3O5. The first-order valence-electron chi connectivity index (χ1n) is 10.8. The number of nitrogens with one attached hydrogen (secondary N) is 1. The molecule has 2 heterocycles. The molecule has 0 atom stereocenters. The molecule has 2 aliphatic heterocycles. The predicted molar refractivity (Wildman–Crippen MR) is 114 cm³/mol. The van der Waals surface area contributed by atoms with Crippen LogP contribution in [0.4, 0.5) is 10.1 Å². The van der Waals surface area contributed by atoms with Crippen molar-refractivity contribution in [2.24, 2.45) is 5.92 Å². The number of amides is 1. The van der Waals surface area contributed by atoms with Gasteiger partial charge in [-0.1, -0.05) is 18.2 Å². The summed E-state index contributed by atoms with van der Waals surface area (Å²) in [6.45, 7) is 2.76. The second kappa shape index (κ2) is 10.1. The molecule has 9 heteroatoms. The number of nitro groups is 1. The first-order chi connectivity index (χ1) is 15.5. The van der Waals surface area contributed by atoms with Crippen molar-refractivity contribution in [2.45, 2.75) is 32.4 Å². The average Bonchev–Trinajstić information content (AvgIpc) is 2.80. The van der Waals surface area contributed by atoms with E-state index < -0.39 is 4.92 Å². The number of non-ortho nitro benzene ring substituents is 1. The van der Waals surface area contributed by atoms with Gasteiger partial charge in [0.05, 0.1) is 11.5 Å². The maximum absolute atomic E-state index is 13.7. The Morgan fingerprint density at radius 3 is 2.75 bits per heavy atom. The van der Waals surface area contributed by atoms with Crippen LogP contribution in [-0.4, -0.2) is 42.2 Å². The lowest BCUT2D eigenvalue weighted by Crippen LogP contribution is -2.40. The van der Waals surface area contributed by atoms with Crippen LogP contribution in [0.2, 0.25) is 0 Å². The van der Waals surface area contributed by atoms with E-state index in [1.54, 1.807) is 24.3 Å². The molecule has 0 unspecified atom stereocenters. The molecule has 0 radical (unpaired) electrons. The smallest absolute Gasteiger partial charge is 0.270 e. The number of halogens is 1. The zero-order chi connectivity index (χ0) is 22.5. The van der Waals surface area contributed by atoms with Crippen LogP contribution in [0.3, 0.4) is 0 Å². The quantitative estimate of drug-likeness (QED) is 0.522. The van der Waals surface area contributed by atoms with E-state index in [1.807, 2.05) is 0 Å². The van der Waals surface area contributed by atoms with Crippen LogP contribution in [0.25, 0.3) is 0 Å². The van der Waals surface area contributed by atoms with Crippen molar-refractivity contribution in [3.05, 3.63) is 69.0 Å². The standard InChI is InChI=1S/C23H26FN3O5/c24-21-4-2-1-3-16(21)5-8-25-23(28)17-6-9-26(10-7-17)13-18-11-20(27(29)30)12-19-14-31-15-32-22(18)19/h1-4,11-12,17H,5-10,13-15H2,(H,25,28). The van der Waals surface area contributed by atoms with E-state index in [4.69, 9.17) is 9.47 Å². The van der Waals surface area contributed by atoms with E-state index in [1.165, 1.54) is 12.1 Å². The Labute approximate surface area is 185 Å². The normalized spacial score (nSPS) is 16.8. The Morgan fingerprint density at radius 1 is 1.22 bits per heavy atom. The van der Waals surface area contributed by atoms with Crippen LogP contribution in [0.15, 0.2) is 36.4 Å². The number of nitrogens with zero attached hydrogens (tertiary/aromatic N) is 2. The fourth-order valence-corrected chi connectivity index (χ4v) is 4.26. The van der Waals surface area contributed by atoms with E-state index in [9.17, 15) is 19.3 Å². The van der Waals surface area contributed by atoms with Gasteiger partial charge in [0.25, 0.3) is 5.69 Å². The molecule has 1 saturated heterocycles. The third-order valence-corrected chi connectivity index (χ3v) is 5.99. The minimum Gasteiger partial charge on any atom is -0.467 e. The van der Waals surface area contributed by atoms with Gasteiger partial charge in [-0.25, -0.2) is 4.39 Å². The maximum atomic E-state index is 13.7. The number of carbonyl (C=O) groups excluding carboxylic acids is 1. The fourth-order valence-electron chi connectivity index (χ4n) is 4.26. The van der Waals surface area contributed by atoms with Gasteiger partial charge >= 0.3 is 0 Å². The monoisotopic (exact) mass is 443 g/mol. The van der Waals surface area contributed by atoms with Gasteiger partial charge in [0.15, 0.2) is 6.79 Å². The molecule has 2 aromatic carbocycles. The first kappa shape index (κ1) is 22.2. The van der Waals surface area contributed by atoms with Crippen molar-refractivity contribution in [1.29, 1.82) is 0 Å². The van der Waals surface area contributed by atoms with E-state index in [0.29, 0.717) is 68.9 Å². The Bertz CT molecular complexity index is 992. The van der Waals surface area contributed by atoms with E-state index in [2.05, 4.69) is 10.2 Å². The number of rotatable bonds is 7. The van der Waals surface area contributed by atoms with Crippen molar-refractivity contribution in [2.75, 3.05) is 26.4 Å². The summed E-state index contributed by atoms with van der Waals surface area (Å²) < 4.78 is 24.6. The molecule has 32 heavy (non-hydrogen) atoms. The van der Waals surface area contributed by atoms with E-state index >= 15 is 0 Å². The number of fused-ring (bicyclic) bond motifs is 1. The van der Waals surface area contributed by atoms with Crippen molar-refractivity contribution in [1.82, 2.24) is 10.2 Å². The molecule has 8 nitrogen and oxygen atoms in total. The summed E-state index contributed by atoms with van der Waals surface area (Å²) in [5, 5.41) is 14.2. The van der Waals surface area contributed by atoms with Crippen molar-refractivity contribution in [3.63, 3.8) is 0 Å². The lowest BCUT2D eigenvalue weighted by molar-refractivity contribution is -0.385. The summed E-state index contributed by atoms with van der Waals surface area (Å²) in [4.78, 5) is 25.6. The second-order valence-electron chi connectivity index (χ2n) is 8.14. The Balaban J connectivity index is 1.29. The molecule has 1 fully saturated rings. The number of nitro benzene ring substituents is 1. The molecule has 2 aliphatic rings. The van der Waals surface area contributed by atoms with Crippen molar-refractivity contribution in [3.8, 4) is 5.75 Å². The van der Waals surface area contributed by atoms with Crippen molar-refractivity contribution < 1.29 is 23.6 Å². The molecule has 0 saturated carbocycles. The zero-order valence-electron chi connectivity index (χ0n) is 17.7. The van der Waals surface area contributed by atoms with Gasteiger partial charge < -0.3 is 14.8 Å². The zero-order valence-corrected chi connectivity index (χ0v) is 17.7. The largest absolute Gasteiger partial charge is 0.467 e. The molecule has 0 aromatic heterocycles. The van der Waals surface area contributed by atoms with E-state index in [0.717, 1.165) is 5.56 Å². The van der Waals surface area contributed by atoms with Crippen molar-refractivity contribution >= 4 is 11.6 Å².